The molecular formula is C29H37F2NO4S. The van der Waals surface area contributed by atoms with Gasteiger partial charge in [-0.25, -0.2) is 4.79 Å². The van der Waals surface area contributed by atoms with Gasteiger partial charge in [0.1, 0.15) is 4.88 Å². The summed E-state index contributed by atoms with van der Waals surface area (Å²) < 4.78 is 33.2. The summed E-state index contributed by atoms with van der Waals surface area (Å²) in [6, 6.07) is 13.1. The van der Waals surface area contributed by atoms with Crippen molar-refractivity contribution < 1.29 is 28.2 Å². The van der Waals surface area contributed by atoms with Gasteiger partial charge in [-0.3, -0.25) is 4.79 Å². The molecule has 1 saturated heterocycles. The third kappa shape index (κ3) is 8.47. The van der Waals surface area contributed by atoms with Crippen LogP contribution < -0.4 is 0 Å². The highest BCUT2D eigenvalue weighted by Gasteiger charge is 2.52. The maximum Gasteiger partial charge on any atom is 0.348 e. The number of halogens is 2. The molecule has 3 rings (SSSR count). The normalized spacial score (nSPS) is 18.9. The summed E-state index contributed by atoms with van der Waals surface area (Å²) in [6.45, 7) is 2.14. The number of rotatable bonds is 14. The summed E-state index contributed by atoms with van der Waals surface area (Å²) >= 11 is 1.30. The smallest absolute Gasteiger partial charge is 0.348 e. The van der Waals surface area contributed by atoms with Gasteiger partial charge in [-0.05, 0) is 55.7 Å². The topological polar surface area (TPSA) is 66.8 Å². The Morgan fingerprint density at radius 3 is 2.65 bits per heavy atom. The summed E-state index contributed by atoms with van der Waals surface area (Å²) in [4.78, 5) is 26.6. The van der Waals surface area contributed by atoms with E-state index in [1.54, 1.807) is 18.2 Å². The molecule has 2 unspecified atom stereocenters. The number of hydrogen-bond donors (Lipinski definition) is 1. The number of benzene rings is 1. The predicted molar refractivity (Wildman–Crippen MR) is 142 cm³/mol. The van der Waals surface area contributed by atoms with Gasteiger partial charge < -0.3 is 14.7 Å². The number of unbranched alkanes of at least 4 members (excludes halogenated alkanes) is 2. The number of hydrogen-bond acceptors (Lipinski definition) is 5. The number of amides is 1. The van der Waals surface area contributed by atoms with Crippen molar-refractivity contribution in [3.63, 3.8) is 0 Å². The second-order valence-corrected chi connectivity index (χ2v) is 10.9. The minimum absolute atomic E-state index is 0.00174. The average molecular weight is 534 g/mol. The lowest BCUT2D eigenvalue weighted by Crippen LogP contribution is -2.36. The molecule has 1 fully saturated rings. The second kappa shape index (κ2) is 13.8. The number of alkyl halides is 2. The molecule has 1 N–H and O–H groups in total. The van der Waals surface area contributed by atoms with Crippen LogP contribution in [0.5, 0.6) is 0 Å². The third-order valence-corrected chi connectivity index (χ3v) is 8.02. The lowest BCUT2D eigenvalue weighted by atomic mass is 9.95. The molecule has 0 aliphatic carbocycles. The van der Waals surface area contributed by atoms with E-state index in [4.69, 9.17) is 4.74 Å². The summed E-state index contributed by atoms with van der Waals surface area (Å²) in [5.41, 5.74) is 1.33. The van der Waals surface area contributed by atoms with E-state index in [9.17, 15) is 23.5 Å². The highest BCUT2D eigenvalue weighted by Crippen LogP contribution is 2.34. The summed E-state index contributed by atoms with van der Waals surface area (Å²) in [6.07, 6.45) is 7.91. The fraction of sp³-hybridized carbons (Fsp3) is 0.517. The fourth-order valence-electron chi connectivity index (χ4n) is 4.63. The van der Waals surface area contributed by atoms with E-state index in [0.717, 1.165) is 37.0 Å². The SMILES string of the molecule is COC(=O)c1ccc(CCCN2C(=O)C(F)(F)CC2C=CC(O)[C@@H](C)CCCCCc2ccccc2)s1. The number of ether oxygens (including phenoxy) is 1. The van der Waals surface area contributed by atoms with Gasteiger partial charge in [0, 0.05) is 17.8 Å². The fourth-order valence-corrected chi connectivity index (χ4v) is 5.59. The molecule has 0 bridgehead atoms. The Kier molecular flexibility index (Phi) is 10.8. The first kappa shape index (κ1) is 29.0. The quantitative estimate of drug-likeness (QED) is 0.182. The van der Waals surface area contributed by atoms with Crippen molar-refractivity contribution in [2.24, 2.45) is 5.92 Å². The van der Waals surface area contributed by atoms with Crippen LogP contribution in [0, 0.1) is 5.92 Å². The molecule has 2 aromatic rings. The number of methoxy groups -OCH3 is 1. The summed E-state index contributed by atoms with van der Waals surface area (Å²) in [5, 5.41) is 10.6. The van der Waals surface area contributed by atoms with E-state index in [1.165, 1.54) is 28.9 Å². The Morgan fingerprint density at radius 2 is 1.92 bits per heavy atom. The molecule has 202 valence electrons. The summed E-state index contributed by atoms with van der Waals surface area (Å²) in [5.74, 6) is -4.96. The second-order valence-electron chi connectivity index (χ2n) is 9.77. The standard InChI is InChI=1S/C29H37F2NO4S/c1-21(10-5-3-6-11-22-12-7-4-8-13-22)25(33)17-15-23-20-29(30,31)28(35)32(23)19-9-14-24-16-18-26(37-24)27(34)36-2/h4,7-8,12-13,15-18,21,23,25,33H,3,5-6,9-11,14,19-20H2,1-2H3/t21-,23?,25?/m0/s1. The number of aliphatic hydroxyl groups is 1. The highest BCUT2D eigenvalue weighted by molar-refractivity contribution is 7.13. The first-order valence-electron chi connectivity index (χ1n) is 13.0. The van der Waals surface area contributed by atoms with E-state index < -0.39 is 36.4 Å². The number of carbonyl (C=O) groups excluding carboxylic acids is 2. The minimum Gasteiger partial charge on any atom is -0.465 e. The zero-order valence-electron chi connectivity index (χ0n) is 21.6. The molecule has 1 aliphatic rings. The van der Waals surface area contributed by atoms with Crippen LogP contribution in [0.3, 0.4) is 0 Å². The van der Waals surface area contributed by atoms with E-state index in [-0.39, 0.29) is 12.5 Å². The number of aliphatic hydroxyl groups excluding tert-OH is 1. The Hall–Kier alpha value is -2.58. The van der Waals surface area contributed by atoms with Crippen molar-refractivity contribution in [1.29, 1.82) is 0 Å². The van der Waals surface area contributed by atoms with E-state index in [1.807, 2.05) is 31.2 Å². The van der Waals surface area contributed by atoms with Crippen LogP contribution in [-0.4, -0.2) is 53.6 Å². The minimum atomic E-state index is -3.40. The van der Waals surface area contributed by atoms with Crippen LogP contribution in [0.4, 0.5) is 8.78 Å². The molecule has 0 saturated carbocycles. The van der Waals surface area contributed by atoms with Crippen LogP contribution in [0.2, 0.25) is 0 Å². The van der Waals surface area contributed by atoms with Crippen molar-refractivity contribution in [3.05, 3.63) is 69.9 Å². The molecule has 0 spiro atoms. The number of thiophene rings is 1. The molecule has 1 aromatic carbocycles. The van der Waals surface area contributed by atoms with E-state index >= 15 is 0 Å². The van der Waals surface area contributed by atoms with Crippen molar-refractivity contribution in [1.82, 2.24) is 4.90 Å². The number of carbonyl (C=O) groups is 2. The molecule has 5 nitrogen and oxygen atoms in total. The lowest BCUT2D eigenvalue weighted by molar-refractivity contribution is -0.148. The molecule has 0 radical (unpaired) electrons. The zero-order chi connectivity index (χ0) is 26.8. The highest BCUT2D eigenvalue weighted by atomic mass is 32.1. The first-order valence-corrected chi connectivity index (χ1v) is 13.8. The first-order chi connectivity index (χ1) is 17.7. The van der Waals surface area contributed by atoms with Crippen molar-refractivity contribution >= 4 is 23.2 Å². The van der Waals surface area contributed by atoms with Crippen molar-refractivity contribution in [3.8, 4) is 0 Å². The third-order valence-electron chi connectivity index (χ3n) is 6.89. The molecule has 3 atom stereocenters. The Balaban J connectivity index is 1.45. The van der Waals surface area contributed by atoms with Gasteiger partial charge in [-0.15, -0.1) is 11.3 Å². The van der Waals surface area contributed by atoms with E-state index in [2.05, 4.69) is 12.1 Å². The monoisotopic (exact) mass is 533 g/mol. The zero-order valence-corrected chi connectivity index (χ0v) is 22.4. The van der Waals surface area contributed by atoms with Crippen LogP contribution in [0.15, 0.2) is 54.6 Å². The van der Waals surface area contributed by atoms with Crippen molar-refractivity contribution in [2.45, 2.75) is 76.4 Å². The molecule has 37 heavy (non-hydrogen) atoms. The maximum absolute atomic E-state index is 14.2. The molecule has 1 aromatic heterocycles. The Morgan fingerprint density at radius 1 is 1.16 bits per heavy atom. The maximum atomic E-state index is 14.2. The van der Waals surface area contributed by atoms with Crippen LogP contribution in [0.25, 0.3) is 0 Å². The van der Waals surface area contributed by atoms with Gasteiger partial charge >= 0.3 is 11.9 Å². The Labute approximate surface area is 222 Å². The number of esters is 1. The van der Waals surface area contributed by atoms with Gasteiger partial charge in [0.25, 0.3) is 5.91 Å². The number of nitrogens with zero attached hydrogens (tertiary/aromatic N) is 1. The van der Waals surface area contributed by atoms with E-state index in [0.29, 0.717) is 17.7 Å². The van der Waals surface area contributed by atoms with Gasteiger partial charge in [-0.2, -0.15) is 8.78 Å². The van der Waals surface area contributed by atoms with Crippen LogP contribution in [-0.2, 0) is 22.4 Å². The number of aryl methyl sites for hydroxylation is 2. The molecule has 2 heterocycles. The predicted octanol–water partition coefficient (Wildman–Crippen LogP) is 6.06. The molecule has 1 amide bonds. The summed E-state index contributed by atoms with van der Waals surface area (Å²) in [7, 11) is 1.32. The van der Waals surface area contributed by atoms with Crippen molar-refractivity contribution in [2.75, 3.05) is 13.7 Å². The molecular weight excluding hydrogens is 496 g/mol. The van der Waals surface area contributed by atoms with Gasteiger partial charge in [-0.1, -0.05) is 62.2 Å². The van der Waals surface area contributed by atoms with Crippen LogP contribution >= 0.6 is 11.3 Å². The average Bonchev–Trinajstić information content (AvgIpc) is 3.45. The van der Waals surface area contributed by atoms with Gasteiger partial charge in [0.2, 0.25) is 0 Å². The molecule has 1 aliphatic heterocycles. The Bertz CT molecular complexity index is 1040. The largest absolute Gasteiger partial charge is 0.465 e. The van der Waals surface area contributed by atoms with Crippen LogP contribution in [0.1, 0.15) is 65.6 Å². The molecule has 8 heteroatoms. The van der Waals surface area contributed by atoms with Gasteiger partial charge in [0.15, 0.2) is 0 Å². The number of likely N-dealkylation sites (tertiary alicyclic amines) is 1. The lowest BCUT2D eigenvalue weighted by Gasteiger charge is -2.22. The van der Waals surface area contributed by atoms with Gasteiger partial charge in [0.05, 0.1) is 19.3 Å².